The van der Waals surface area contributed by atoms with Crippen molar-refractivity contribution in [3.63, 3.8) is 0 Å². The van der Waals surface area contributed by atoms with Gasteiger partial charge < -0.3 is 19.4 Å². The van der Waals surface area contributed by atoms with Gasteiger partial charge in [-0.05, 0) is 20.3 Å². The number of fused-ring (bicyclic) bond motifs is 1. The second-order valence-corrected chi connectivity index (χ2v) is 7.18. The molecule has 0 spiro atoms. The Morgan fingerprint density at radius 1 is 1.29 bits per heavy atom. The van der Waals surface area contributed by atoms with Crippen LogP contribution >= 0.6 is 0 Å². The van der Waals surface area contributed by atoms with Crippen LogP contribution in [0.5, 0.6) is 0 Å². The normalized spacial score (nSPS) is 16.9. The number of carbonyl (C=O) groups excluding carboxylic acids is 1. The summed E-state index contributed by atoms with van der Waals surface area (Å²) in [6.07, 6.45) is 4.83. The highest BCUT2D eigenvalue weighted by Gasteiger charge is 2.27. The second kappa shape index (κ2) is 7.21. The first-order valence-corrected chi connectivity index (χ1v) is 9.77. The van der Waals surface area contributed by atoms with Crippen molar-refractivity contribution in [3.8, 4) is 11.5 Å². The van der Waals surface area contributed by atoms with Gasteiger partial charge in [0.15, 0.2) is 22.8 Å². The number of hydrogen-bond donors (Lipinski definition) is 1. The number of carbonyl (C=O) groups is 1. The Morgan fingerprint density at radius 2 is 2.11 bits per heavy atom. The van der Waals surface area contributed by atoms with Gasteiger partial charge in [0.05, 0.1) is 6.33 Å². The van der Waals surface area contributed by atoms with Gasteiger partial charge in [0.1, 0.15) is 12.0 Å². The zero-order chi connectivity index (χ0) is 19.8. The minimum Gasteiger partial charge on any atom is -0.364 e. The van der Waals surface area contributed by atoms with E-state index in [2.05, 4.69) is 31.8 Å². The molecule has 0 saturated carbocycles. The van der Waals surface area contributed by atoms with Gasteiger partial charge in [-0.1, -0.05) is 6.92 Å². The van der Waals surface area contributed by atoms with E-state index in [-0.39, 0.29) is 11.9 Å². The monoisotopic (exact) mass is 382 g/mol. The van der Waals surface area contributed by atoms with E-state index in [1.54, 1.807) is 6.33 Å². The SMILES string of the molecule is CCC(=O)N1CC[C@H](Nc2ncnc3c2nc(-c2ncn(CC)c2C)n3C)C1. The second-order valence-electron chi connectivity index (χ2n) is 7.18. The van der Waals surface area contributed by atoms with Crippen molar-refractivity contribution in [2.45, 2.75) is 46.2 Å². The number of aryl methyl sites for hydroxylation is 2. The molecular weight excluding hydrogens is 356 g/mol. The molecule has 1 atom stereocenters. The molecule has 1 fully saturated rings. The summed E-state index contributed by atoms with van der Waals surface area (Å²) >= 11 is 0. The molecule has 1 amide bonds. The summed E-state index contributed by atoms with van der Waals surface area (Å²) in [6.45, 7) is 8.37. The number of hydrogen-bond acceptors (Lipinski definition) is 6. The van der Waals surface area contributed by atoms with Gasteiger partial charge in [0, 0.05) is 44.8 Å². The van der Waals surface area contributed by atoms with E-state index in [4.69, 9.17) is 4.98 Å². The molecule has 0 aliphatic carbocycles. The molecule has 1 saturated heterocycles. The van der Waals surface area contributed by atoms with Crippen LogP contribution in [0.4, 0.5) is 5.82 Å². The average Bonchev–Trinajstić information content (AvgIpc) is 3.40. The maximum atomic E-state index is 11.9. The first kappa shape index (κ1) is 18.4. The van der Waals surface area contributed by atoms with Crippen molar-refractivity contribution in [3.05, 3.63) is 18.3 Å². The van der Waals surface area contributed by atoms with Crippen LogP contribution in [0.25, 0.3) is 22.7 Å². The van der Waals surface area contributed by atoms with Gasteiger partial charge in [0.25, 0.3) is 0 Å². The molecule has 1 aliphatic heterocycles. The fourth-order valence-corrected chi connectivity index (χ4v) is 3.82. The molecule has 1 N–H and O–H groups in total. The van der Waals surface area contributed by atoms with Crippen LogP contribution in [0.3, 0.4) is 0 Å². The fraction of sp³-hybridized carbons (Fsp3) is 0.526. The molecule has 4 rings (SSSR count). The highest BCUT2D eigenvalue weighted by atomic mass is 16.2. The van der Waals surface area contributed by atoms with E-state index in [9.17, 15) is 4.79 Å². The molecule has 3 aromatic heterocycles. The standard InChI is InChI=1S/C19H26N8O/c1-5-14(28)27-8-7-13(9-27)23-17-16-18(21-10-20-17)25(4)19(24-16)15-12(3)26(6-2)11-22-15/h10-11,13H,5-9H2,1-4H3,(H,20,21,23)/t13-/m0/s1. The summed E-state index contributed by atoms with van der Waals surface area (Å²) in [5.41, 5.74) is 3.42. The summed E-state index contributed by atoms with van der Waals surface area (Å²) in [4.78, 5) is 32.1. The largest absolute Gasteiger partial charge is 0.364 e. The van der Waals surface area contributed by atoms with Crippen LogP contribution in [-0.2, 0) is 18.4 Å². The third-order valence-electron chi connectivity index (χ3n) is 5.49. The molecule has 0 bridgehead atoms. The Hall–Kier alpha value is -2.97. The fourth-order valence-electron chi connectivity index (χ4n) is 3.82. The summed E-state index contributed by atoms with van der Waals surface area (Å²) in [6, 6.07) is 0.167. The van der Waals surface area contributed by atoms with Crippen molar-refractivity contribution in [1.29, 1.82) is 0 Å². The van der Waals surface area contributed by atoms with E-state index in [1.165, 1.54) is 0 Å². The number of likely N-dealkylation sites (tertiary alicyclic amines) is 1. The molecule has 9 heteroatoms. The number of rotatable bonds is 5. The quantitative estimate of drug-likeness (QED) is 0.725. The summed E-state index contributed by atoms with van der Waals surface area (Å²) in [7, 11) is 1.95. The van der Waals surface area contributed by atoms with Crippen molar-refractivity contribution in [2.24, 2.45) is 7.05 Å². The number of nitrogens with one attached hydrogen (secondary N) is 1. The highest BCUT2D eigenvalue weighted by Crippen LogP contribution is 2.28. The van der Waals surface area contributed by atoms with E-state index in [1.807, 2.05) is 36.7 Å². The maximum absolute atomic E-state index is 11.9. The zero-order valence-electron chi connectivity index (χ0n) is 16.8. The molecular formula is C19H26N8O. The number of imidazole rings is 2. The van der Waals surface area contributed by atoms with Crippen LogP contribution in [-0.4, -0.2) is 59.0 Å². The van der Waals surface area contributed by atoms with Gasteiger partial charge in [-0.3, -0.25) is 4.79 Å². The van der Waals surface area contributed by atoms with Crippen molar-refractivity contribution in [1.82, 2.24) is 34.0 Å². The van der Waals surface area contributed by atoms with E-state index < -0.39 is 0 Å². The maximum Gasteiger partial charge on any atom is 0.222 e. The number of aromatic nitrogens is 6. The molecule has 3 aromatic rings. The lowest BCUT2D eigenvalue weighted by Gasteiger charge is -2.16. The summed E-state index contributed by atoms with van der Waals surface area (Å²) in [5, 5.41) is 3.47. The van der Waals surface area contributed by atoms with Crippen LogP contribution in [0.1, 0.15) is 32.4 Å². The Kier molecular flexibility index (Phi) is 4.74. The van der Waals surface area contributed by atoms with Crippen LogP contribution < -0.4 is 5.32 Å². The minimum atomic E-state index is 0.167. The first-order valence-electron chi connectivity index (χ1n) is 9.77. The highest BCUT2D eigenvalue weighted by molar-refractivity contribution is 5.86. The van der Waals surface area contributed by atoms with Crippen LogP contribution in [0.15, 0.2) is 12.7 Å². The number of amides is 1. The molecule has 9 nitrogen and oxygen atoms in total. The van der Waals surface area contributed by atoms with Crippen LogP contribution in [0.2, 0.25) is 0 Å². The smallest absolute Gasteiger partial charge is 0.222 e. The predicted molar refractivity (Wildman–Crippen MR) is 107 cm³/mol. The number of anilines is 1. The van der Waals surface area contributed by atoms with E-state index in [0.29, 0.717) is 18.8 Å². The number of nitrogens with zero attached hydrogens (tertiary/aromatic N) is 7. The third-order valence-corrected chi connectivity index (χ3v) is 5.49. The zero-order valence-corrected chi connectivity index (χ0v) is 16.8. The van der Waals surface area contributed by atoms with Gasteiger partial charge in [0.2, 0.25) is 5.91 Å². The van der Waals surface area contributed by atoms with E-state index >= 15 is 0 Å². The molecule has 28 heavy (non-hydrogen) atoms. The van der Waals surface area contributed by atoms with Gasteiger partial charge >= 0.3 is 0 Å². The summed E-state index contributed by atoms with van der Waals surface area (Å²) in [5.74, 6) is 1.67. The molecule has 1 aliphatic rings. The lowest BCUT2D eigenvalue weighted by Crippen LogP contribution is -2.31. The predicted octanol–water partition coefficient (Wildman–Crippen LogP) is 1.98. The van der Waals surface area contributed by atoms with Crippen molar-refractivity contribution < 1.29 is 4.79 Å². The van der Waals surface area contributed by atoms with Crippen LogP contribution in [0, 0.1) is 6.92 Å². The van der Waals surface area contributed by atoms with Crippen molar-refractivity contribution >= 4 is 22.9 Å². The first-order chi connectivity index (χ1) is 13.5. The third kappa shape index (κ3) is 3.00. The molecule has 0 unspecified atom stereocenters. The molecule has 0 radical (unpaired) electrons. The molecule has 148 valence electrons. The minimum absolute atomic E-state index is 0.167. The Morgan fingerprint density at radius 3 is 2.82 bits per heavy atom. The Labute approximate surface area is 163 Å². The summed E-state index contributed by atoms with van der Waals surface area (Å²) < 4.78 is 4.05. The van der Waals surface area contributed by atoms with Crippen molar-refractivity contribution in [2.75, 3.05) is 18.4 Å². The topological polar surface area (TPSA) is 93.8 Å². The Balaban J connectivity index is 1.66. The van der Waals surface area contributed by atoms with Gasteiger partial charge in [-0.2, -0.15) is 0 Å². The average molecular weight is 382 g/mol. The van der Waals surface area contributed by atoms with Gasteiger partial charge in [-0.25, -0.2) is 19.9 Å². The lowest BCUT2D eigenvalue weighted by atomic mass is 10.2. The van der Waals surface area contributed by atoms with Gasteiger partial charge in [-0.15, -0.1) is 0 Å². The molecule has 0 aromatic carbocycles. The lowest BCUT2D eigenvalue weighted by molar-refractivity contribution is -0.129. The molecule has 4 heterocycles. The Bertz CT molecular complexity index is 1020. The van der Waals surface area contributed by atoms with E-state index in [0.717, 1.165) is 47.9 Å².